The molecule has 0 unspecified atom stereocenters. The van der Waals surface area contributed by atoms with Crippen LogP contribution in [0.1, 0.15) is 18.4 Å². The first kappa shape index (κ1) is 8.54. The molecule has 12 heavy (non-hydrogen) atoms. The number of aliphatic hydroxyl groups is 1. The molecule has 64 valence electrons. The van der Waals surface area contributed by atoms with E-state index in [1.807, 2.05) is 12.1 Å². The fourth-order valence-electron chi connectivity index (χ4n) is 1.25. The maximum absolute atomic E-state index is 9.82. The van der Waals surface area contributed by atoms with Gasteiger partial charge in [0.25, 0.3) is 0 Å². The first-order valence-corrected chi connectivity index (χ1v) is 4.97. The number of rotatable bonds is 1. The van der Waals surface area contributed by atoms with Gasteiger partial charge in [0, 0.05) is 4.47 Å². The van der Waals surface area contributed by atoms with E-state index in [0.717, 1.165) is 22.9 Å². The average molecular weight is 248 g/mol. The van der Waals surface area contributed by atoms with Crippen LogP contribution in [0.15, 0.2) is 22.7 Å². The molecule has 0 atom stereocenters. The van der Waals surface area contributed by atoms with Crippen LogP contribution in [-0.2, 0) is 5.60 Å². The molecule has 0 saturated heterocycles. The van der Waals surface area contributed by atoms with Crippen molar-refractivity contribution in [3.63, 3.8) is 0 Å². The quantitative estimate of drug-likeness (QED) is 0.808. The lowest BCUT2D eigenvalue weighted by atomic mass is 10.1. The molecule has 1 aromatic rings. The van der Waals surface area contributed by atoms with E-state index in [1.165, 1.54) is 0 Å². The smallest absolute Gasteiger partial charge is 0.0910 e. The van der Waals surface area contributed by atoms with Gasteiger partial charge in [0.15, 0.2) is 0 Å². The van der Waals surface area contributed by atoms with Crippen LogP contribution in [0.3, 0.4) is 0 Å². The van der Waals surface area contributed by atoms with Crippen molar-refractivity contribution < 1.29 is 5.11 Å². The van der Waals surface area contributed by atoms with Crippen molar-refractivity contribution >= 4 is 27.5 Å². The van der Waals surface area contributed by atoms with Crippen molar-refractivity contribution in [1.29, 1.82) is 0 Å². The van der Waals surface area contributed by atoms with Crippen LogP contribution in [0.25, 0.3) is 0 Å². The molecule has 1 nitrogen and oxygen atoms in total. The summed E-state index contributed by atoms with van der Waals surface area (Å²) in [6, 6.07) is 5.57. The Morgan fingerprint density at radius 1 is 1.42 bits per heavy atom. The molecule has 1 fully saturated rings. The van der Waals surface area contributed by atoms with Crippen molar-refractivity contribution in [2.24, 2.45) is 0 Å². The van der Waals surface area contributed by atoms with Gasteiger partial charge in [-0.1, -0.05) is 23.7 Å². The first-order valence-electron chi connectivity index (χ1n) is 3.80. The summed E-state index contributed by atoms with van der Waals surface area (Å²) in [5, 5.41) is 10.5. The zero-order chi connectivity index (χ0) is 8.77. The number of halogens is 2. The van der Waals surface area contributed by atoms with Crippen LogP contribution in [0.4, 0.5) is 0 Å². The van der Waals surface area contributed by atoms with Gasteiger partial charge >= 0.3 is 0 Å². The van der Waals surface area contributed by atoms with Gasteiger partial charge in [-0.05, 0) is 40.4 Å². The normalized spacial score (nSPS) is 19.2. The zero-order valence-corrected chi connectivity index (χ0v) is 8.69. The second kappa shape index (κ2) is 2.72. The molecular formula is C9H8BrClO. The van der Waals surface area contributed by atoms with Crippen molar-refractivity contribution in [1.82, 2.24) is 0 Å². The summed E-state index contributed by atoms with van der Waals surface area (Å²) >= 11 is 9.25. The van der Waals surface area contributed by atoms with Gasteiger partial charge in [-0.2, -0.15) is 0 Å². The summed E-state index contributed by atoms with van der Waals surface area (Å²) < 4.78 is 0.826. The highest BCUT2D eigenvalue weighted by Gasteiger charge is 2.43. The second-order valence-electron chi connectivity index (χ2n) is 3.13. The maximum atomic E-state index is 9.82. The third-order valence-electron chi connectivity index (χ3n) is 2.18. The van der Waals surface area contributed by atoms with E-state index >= 15 is 0 Å². The largest absolute Gasteiger partial charge is 0.385 e. The molecule has 1 saturated carbocycles. The maximum Gasteiger partial charge on any atom is 0.0910 e. The van der Waals surface area contributed by atoms with Crippen LogP contribution in [0.2, 0.25) is 5.02 Å². The van der Waals surface area contributed by atoms with Gasteiger partial charge in [-0.25, -0.2) is 0 Å². The summed E-state index contributed by atoms with van der Waals surface area (Å²) in [6.07, 6.45) is 1.68. The van der Waals surface area contributed by atoms with Crippen LogP contribution in [-0.4, -0.2) is 5.11 Å². The number of hydrogen-bond donors (Lipinski definition) is 1. The summed E-state index contributed by atoms with van der Waals surface area (Å²) in [4.78, 5) is 0. The second-order valence-corrected chi connectivity index (χ2v) is 4.33. The predicted molar refractivity (Wildman–Crippen MR) is 52.3 cm³/mol. The van der Waals surface area contributed by atoms with Crippen molar-refractivity contribution in [2.75, 3.05) is 0 Å². The predicted octanol–water partition coefficient (Wildman–Crippen LogP) is 3.08. The molecule has 0 aromatic heterocycles. The lowest BCUT2D eigenvalue weighted by Crippen LogP contribution is -2.04. The summed E-state index contributed by atoms with van der Waals surface area (Å²) in [5.74, 6) is 0. The Bertz CT molecular complexity index is 320. The monoisotopic (exact) mass is 246 g/mol. The van der Waals surface area contributed by atoms with E-state index in [4.69, 9.17) is 11.6 Å². The Morgan fingerprint density at radius 2 is 2.08 bits per heavy atom. The molecule has 0 heterocycles. The highest BCUT2D eigenvalue weighted by Crippen LogP contribution is 2.48. The van der Waals surface area contributed by atoms with Crippen LogP contribution < -0.4 is 0 Å². The van der Waals surface area contributed by atoms with E-state index < -0.39 is 5.60 Å². The molecule has 0 radical (unpaired) electrons. The van der Waals surface area contributed by atoms with Gasteiger partial charge in [-0.15, -0.1) is 0 Å². The Balaban J connectivity index is 2.51. The van der Waals surface area contributed by atoms with Crippen molar-refractivity contribution in [3.05, 3.63) is 33.3 Å². The highest BCUT2D eigenvalue weighted by atomic mass is 79.9. The Hall–Kier alpha value is -0.0500. The summed E-state index contributed by atoms with van der Waals surface area (Å²) in [6.45, 7) is 0. The molecule has 0 spiro atoms. The molecule has 0 amide bonds. The van der Waals surface area contributed by atoms with E-state index in [2.05, 4.69) is 15.9 Å². The minimum atomic E-state index is -0.607. The van der Waals surface area contributed by atoms with Gasteiger partial charge < -0.3 is 5.11 Å². The zero-order valence-electron chi connectivity index (χ0n) is 6.35. The van der Waals surface area contributed by atoms with Gasteiger partial charge in [-0.3, -0.25) is 0 Å². The van der Waals surface area contributed by atoms with Gasteiger partial charge in [0.05, 0.1) is 10.6 Å². The molecule has 3 heteroatoms. The SMILES string of the molecule is OC1(c2cccc(Cl)c2Br)CC1. The van der Waals surface area contributed by atoms with Crippen molar-refractivity contribution in [3.8, 4) is 0 Å². The van der Waals surface area contributed by atoms with Gasteiger partial charge in [0.2, 0.25) is 0 Å². The molecular weight excluding hydrogens is 239 g/mol. The van der Waals surface area contributed by atoms with Crippen LogP contribution >= 0.6 is 27.5 Å². The Morgan fingerprint density at radius 3 is 2.67 bits per heavy atom. The molecule has 1 aliphatic rings. The van der Waals surface area contributed by atoms with E-state index in [0.29, 0.717) is 5.02 Å². The summed E-state index contributed by atoms with van der Waals surface area (Å²) in [5.41, 5.74) is 0.305. The van der Waals surface area contributed by atoms with Gasteiger partial charge in [0.1, 0.15) is 0 Å². The molecule has 1 aliphatic carbocycles. The minimum Gasteiger partial charge on any atom is -0.385 e. The Kier molecular flexibility index (Phi) is 1.94. The summed E-state index contributed by atoms with van der Waals surface area (Å²) in [7, 11) is 0. The Labute approximate surface area is 84.5 Å². The minimum absolute atomic E-state index is 0.607. The lowest BCUT2D eigenvalue weighted by Gasteiger charge is -2.10. The third kappa shape index (κ3) is 1.28. The molecule has 0 bridgehead atoms. The van der Waals surface area contributed by atoms with E-state index in [1.54, 1.807) is 6.07 Å². The lowest BCUT2D eigenvalue weighted by molar-refractivity contribution is 0.150. The standard InChI is InChI=1S/C9H8BrClO/c10-8-6(9(12)4-5-9)2-1-3-7(8)11/h1-3,12H,4-5H2. The fourth-order valence-corrected chi connectivity index (χ4v) is 2.06. The molecule has 1 aromatic carbocycles. The average Bonchev–Trinajstić information content (AvgIpc) is 2.75. The van der Waals surface area contributed by atoms with E-state index in [9.17, 15) is 5.11 Å². The number of benzene rings is 1. The van der Waals surface area contributed by atoms with Crippen LogP contribution in [0.5, 0.6) is 0 Å². The molecule has 0 aliphatic heterocycles. The molecule has 2 rings (SSSR count). The first-order chi connectivity index (χ1) is 5.63. The fraction of sp³-hybridized carbons (Fsp3) is 0.333. The van der Waals surface area contributed by atoms with Crippen molar-refractivity contribution in [2.45, 2.75) is 18.4 Å². The van der Waals surface area contributed by atoms with E-state index in [-0.39, 0.29) is 0 Å². The third-order valence-corrected chi connectivity index (χ3v) is 3.57. The van der Waals surface area contributed by atoms with Crippen LogP contribution in [0, 0.1) is 0 Å². The highest BCUT2D eigenvalue weighted by molar-refractivity contribution is 9.10. The topological polar surface area (TPSA) is 20.2 Å². The number of hydrogen-bond acceptors (Lipinski definition) is 1. The molecule has 1 N–H and O–H groups in total.